The maximum Gasteiger partial charge on any atom is 0.418 e. The predicted molar refractivity (Wildman–Crippen MR) is 192 cm³/mol. The lowest BCUT2D eigenvalue weighted by Crippen LogP contribution is -2.42. The third-order valence-corrected chi connectivity index (χ3v) is 13.3. The average Bonchev–Trinajstić information content (AvgIpc) is 3.89. The molecule has 7 atom stereocenters. The van der Waals surface area contributed by atoms with Gasteiger partial charge in [0.05, 0.1) is 47.4 Å². The summed E-state index contributed by atoms with van der Waals surface area (Å²) in [6.07, 6.45) is -4.21. The number of methoxy groups -OCH3 is 1. The molecule has 4 aliphatic rings. The Morgan fingerprint density at radius 1 is 0.963 bits per heavy atom. The van der Waals surface area contributed by atoms with Gasteiger partial charge in [0.1, 0.15) is 0 Å². The fourth-order valence-electron chi connectivity index (χ4n) is 8.78. The topological polar surface area (TPSA) is 144 Å². The number of esters is 1. The minimum atomic E-state index is -4.76. The minimum absolute atomic E-state index is 0.189. The number of amides is 3. The van der Waals surface area contributed by atoms with E-state index in [9.17, 15) is 37.1 Å². The number of imide groups is 1. The van der Waals surface area contributed by atoms with Crippen LogP contribution in [0, 0.1) is 29.6 Å². The number of halogens is 3. The van der Waals surface area contributed by atoms with Gasteiger partial charge in [-0.2, -0.15) is 13.2 Å². The van der Waals surface area contributed by atoms with Gasteiger partial charge >= 0.3 is 17.0 Å². The van der Waals surface area contributed by atoms with Crippen molar-refractivity contribution < 1.29 is 46.6 Å². The number of para-hydroxylation sites is 1. The Kier molecular flexibility index (Phi) is 9.07. The highest BCUT2D eigenvalue weighted by atomic mass is 32.2. The maximum absolute atomic E-state index is 14.1. The molecular weight excluding hydrogens is 748 g/mol. The van der Waals surface area contributed by atoms with Crippen molar-refractivity contribution in [3.8, 4) is 11.5 Å². The van der Waals surface area contributed by atoms with Crippen LogP contribution in [0.3, 0.4) is 0 Å². The van der Waals surface area contributed by atoms with Crippen LogP contribution < -0.4 is 24.6 Å². The number of carbonyl (C=O) groups excluding carboxylic acids is 4. The highest BCUT2D eigenvalue weighted by molar-refractivity contribution is 8.00. The molecule has 4 aromatic rings. The molecule has 2 N–H and O–H groups in total. The summed E-state index contributed by atoms with van der Waals surface area (Å²) in [7, 11) is 1.45. The smallest absolute Gasteiger partial charge is 0.418 e. The number of fused-ring (bicyclic) bond motifs is 9. The van der Waals surface area contributed by atoms with Crippen LogP contribution in [0.25, 0.3) is 0 Å². The fourth-order valence-corrected chi connectivity index (χ4v) is 11.7. The van der Waals surface area contributed by atoms with Crippen molar-refractivity contribution in [1.29, 1.82) is 0 Å². The highest BCUT2D eigenvalue weighted by Crippen LogP contribution is 2.69. The molecule has 0 radical (unpaired) electrons. The summed E-state index contributed by atoms with van der Waals surface area (Å²) in [4.78, 5) is 69.6. The number of ether oxygens (including phenoxy) is 3. The Morgan fingerprint density at radius 3 is 2.39 bits per heavy atom. The molecule has 3 heterocycles. The molecule has 16 heteroatoms. The van der Waals surface area contributed by atoms with Crippen LogP contribution in [0.5, 0.6) is 11.5 Å². The molecule has 2 bridgehead atoms. The Bertz CT molecular complexity index is 2240. The first-order valence-corrected chi connectivity index (χ1v) is 18.9. The summed E-state index contributed by atoms with van der Waals surface area (Å²) in [6, 6.07) is 16.1. The van der Waals surface area contributed by atoms with E-state index in [-0.39, 0.29) is 46.8 Å². The molecule has 1 aromatic heterocycles. The molecule has 0 spiro atoms. The maximum atomic E-state index is 14.1. The lowest BCUT2D eigenvalue weighted by Gasteiger charge is -2.43. The van der Waals surface area contributed by atoms with Crippen molar-refractivity contribution in [3.63, 3.8) is 0 Å². The number of alkyl halides is 3. The van der Waals surface area contributed by atoms with Crippen molar-refractivity contribution in [1.82, 2.24) is 4.98 Å². The predicted octanol–water partition coefficient (Wildman–Crippen LogP) is 6.34. The number of H-pyrrole nitrogens is 1. The summed E-state index contributed by atoms with van der Waals surface area (Å²) in [5.41, 5.74) is 0.0657. The lowest BCUT2D eigenvalue weighted by molar-refractivity contribution is -0.137. The molecule has 0 unspecified atom stereocenters. The summed E-state index contributed by atoms with van der Waals surface area (Å²) in [5, 5.41) is 3.19. The fraction of sp³-hybridized carbons (Fsp3) is 0.342. The first-order valence-electron chi connectivity index (χ1n) is 17.2. The van der Waals surface area contributed by atoms with Crippen LogP contribution in [0.1, 0.15) is 45.6 Å². The highest BCUT2D eigenvalue weighted by Gasteiger charge is 2.70. The molecule has 3 fully saturated rings. The Hall–Kier alpha value is -5.09. The minimum Gasteiger partial charge on any atom is -0.493 e. The van der Waals surface area contributed by atoms with E-state index in [0.717, 1.165) is 32.7 Å². The summed E-state index contributed by atoms with van der Waals surface area (Å²) in [5.74, 6) is -4.37. The molecule has 3 aromatic carbocycles. The number of aromatic amines is 1. The van der Waals surface area contributed by atoms with E-state index in [0.29, 0.717) is 28.4 Å². The van der Waals surface area contributed by atoms with Crippen molar-refractivity contribution in [2.45, 2.75) is 35.7 Å². The van der Waals surface area contributed by atoms with Crippen molar-refractivity contribution in [2.75, 3.05) is 30.5 Å². The number of hydrogen-bond donors (Lipinski definition) is 2. The number of anilines is 2. The van der Waals surface area contributed by atoms with Gasteiger partial charge in [-0.25, -0.2) is 9.69 Å². The molecule has 8 rings (SSSR count). The molecule has 280 valence electrons. The normalized spacial score (nSPS) is 25.2. The number of nitrogens with one attached hydrogen (secondary N) is 2. The molecule has 3 amide bonds. The molecule has 2 aliphatic heterocycles. The van der Waals surface area contributed by atoms with Crippen LogP contribution in [0.15, 0.2) is 76.6 Å². The quantitative estimate of drug-likeness (QED) is 0.147. The standard InChI is InChI=1S/C38H32F3N3O8S2/c1-3-51-36(48)17-8-11-19(12-9-17)42-26(45)16-52-24-13-10-18(14-25(24)50-2)27-28-20-15-21(31(28)53-33-32(27)54-37(49)43-33)30-29(20)34(46)44(35(30)47)23-7-5-4-6-22(23)38(39,40)41/h4-14,20-21,27-31H,3,15-16H2,1-2H3,(H,42,45)(H,43,49)/t20-,21-,27+,28-,29+,30+,31-/m1/s1. The zero-order chi connectivity index (χ0) is 38.1. The van der Waals surface area contributed by atoms with Crippen molar-refractivity contribution in [3.05, 3.63) is 98.0 Å². The number of carbonyl (C=O) groups is 4. The molecule has 1 saturated heterocycles. The van der Waals surface area contributed by atoms with Gasteiger partial charge in [-0.1, -0.05) is 29.5 Å². The molecule has 11 nitrogen and oxygen atoms in total. The number of benzene rings is 3. The number of hydrogen-bond acceptors (Lipinski definition) is 10. The largest absolute Gasteiger partial charge is 0.493 e. The van der Waals surface area contributed by atoms with E-state index < -0.39 is 58.9 Å². The van der Waals surface area contributed by atoms with Crippen LogP contribution in [-0.4, -0.2) is 54.2 Å². The lowest BCUT2D eigenvalue weighted by atomic mass is 9.68. The Morgan fingerprint density at radius 2 is 1.69 bits per heavy atom. The van der Waals surface area contributed by atoms with Gasteiger partial charge in [-0.05, 0) is 85.2 Å². The first-order chi connectivity index (χ1) is 25.9. The first kappa shape index (κ1) is 35.9. The molecule has 2 aliphatic carbocycles. The number of aromatic nitrogens is 1. The number of thioether (sulfide) groups is 1. The van der Waals surface area contributed by atoms with Gasteiger partial charge in [0.25, 0.3) is 5.91 Å². The van der Waals surface area contributed by atoms with E-state index in [2.05, 4.69) is 10.3 Å². The van der Waals surface area contributed by atoms with E-state index in [1.165, 1.54) is 49.2 Å². The average molecular weight is 780 g/mol. The summed E-state index contributed by atoms with van der Waals surface area (Å²) < 4.78 is 58.6. The van der Waals surface area contributed by atoms with E-state index in [1.807, 2.05) is 6.07 Å². The Balaban J connectivity index is 1.05. The monoisotopic (exact) mass is 779 g/mol. The van der Waals surface area contributed by atoms with Gasteiger partial charge in [0.15, 0.2) is 18.1 Å². The molecule has 54 heavy (non-hydrogen) atoms. The number of nitrogens with zero attached hydrogens (tertiary/aromatic N) is 1. The van der Waals surface area contributed by atoms with Gasteiger partial charge < -0.3 is 24.5 Å². The molecular formula is C38H32F3N3O8S2. The zero-order valence-electron chi connectivity index (χ0n) is 28.7. The van der Waals surface area contributed by atoms with E-state index in [4.69, 9.17) is 14.2 Å². The molecule has 2 saturated carbocycles. The SMILES string of the molecule is CCOC(=O)c1ccc(NC(=O)COc2ccc([C@@H]3c4sc(=O)[nH]c4S[C@@H]4[C@@H]5C[C@@H]([C@@H]6C(=O)N(c7ccccc7C(F)(F)F)C(=O)[C@@H]56)[C@H]34)cc2OC)cc1. The van der Waals surface area contributed by atoms with Gasteiger partial charge in [-0.15, -0.1) is 11.8 Å². The second-order valence-electron chi connectivity index (χ2n) is 13.5. The van der Waals surface area contributed by atoms with Crippen molar-refractivity contribution >= 4 is 58.2 Å². The zero-order valence-corrected chi connectivity index (χ0v) is 30.3. The number of rotatable bonds is 9. The second-order valence-corrected chi connectivity index (χ2v) is 15.7. The van der Waals surface area contributed by atoms with Gasteiger partial charge in [-0.3, -0.25) is 19.2 Å². The Labute approximate surface area is 314 Å². The van der Waals surface area contributed by atoms with Crippen LogP contribution in [0.4, 0.5) is 24.5 Å². The van der Waals surface area contributed by atoms with Crippen molar-refractivity contribution in [2.24, 2.45) is 29.6 Å². The van der Waals surface area contributed by atoms with E-state index >= 15 is 0 Å². The van der Waals surface area contributed by atoms with Gasteiger partial charge in [0, 0.05) is 21.7 Å². The second kappa shape index (κ2) is 13.6. The van der Waals surface area contributed by atoms with Crippen LogP contribution in [0.2, 0.25) is 0 Å². The third kappa shape index (κ3) is 5.95. The van der Waals surface area contributed by atoms with Crippen LogP contribution >= 0.6 is 23.1 Å². The van der Waals surface area contributed by atoms with Gasteiger partial charge in [0.2, 0.25) is 11.8 Å². The van der Waals surface area contributed by atoms with Crippen LogP contribution in [-0.2, 0) is 25.3 Å². The number of thiazole rings is 1. The summed E-state index contributed by atoms with van der Waals surface area (Å²) >= 11 is 2.53. The third-order valence-electron chi connectivity index (χ3n) is 10.8. The van der Waals surface area contributed by atoms with E-state index in [1.54, 1.807) is 31.2 Å². The summed E-state index contributed by atoms with van der Waals surface area (Å²) in [6.45, 7) is 1.59.